The van der Waals surface area contributed by atoms with E-state index in [1.807, 2.05) is 51.2 Å². The first-order valence-corrected chi connectivity index (χ1v) is 7.23. The topological polar surface area (TPSA) is 50.4 Å². The van der Waals surface area contributed by atoms with E-state index in [0.717, 1.165) is 5.57 Å². The number of benzene rings is 1. The quantitative estimate of drug-likeness (QED) is 0.477. The maximum absolute atomic E-state index is 11.4. The number of carbonyl (C=O) groups is 1. The second kappa shape index (κ2) is 6.94. The normalized spacial score (nSPS) is 11.6. The van der Waals surface area contributed by atoms with Crippen molar-refractivity contribution in [3.05, 3.63) is 58.9 Å². The summed E-state index contributed by atoms with van der Waals surface area (Å²) in [6, 6.07) is 3.56. The van der Waals surface area contributed by atoms with E-state index >= 15 is 0 Å². The number of aromatic hydroxyl groups is 1. The molecule has 0 saturated heterocycles. The van der Waals surface area contributed by atoms with Gasteiger partial charge in [0.15, 0.2) is 6.29 Å². The van der Waals surface area contributed by atoms with Gasteiger partial charge in [-0.15, -0.1) is 0 Å². The second-order valence-electron chi connectivity index (χ2n) is 5.35. The molecule has 1 heterocycles. The maximum atomic E-state index is 11.4. The van der Waals surface area contributed by atoms with Gasteiger partial charge in [0.05, 0.1) is 5.56 Å². The third-order valence-electron chi connectivity index (χ3n) is 3.35. The molecule has 0 bridgehead atoms. The summed E-state index contributed by atoms with van der Waals surface area (Å²) in [6.07, 6.45) is 10.7. The van der Waals surface area contributed by atoms with Gasteiger partial charge >= 0.3 is 0 Å². The molecule has 0 fully saturated rings. The molecule has 0 spiro atoms. The zero-order valence-corrected chi connectivity index (χ0v) is 13.1. The minimum Gasteiger partial charge on any atom is -0.507 e. The maximum Gasteiger partial charge on any atom is 0.154 e. The largest absolute Gasteiger partial charge is 0.507 e. The summed E-state index contributed by atoms with van der Waals surface area (Å²) in [5.41, 5.74) is 2.73. The highest BCUT2D eigenvalue weighted by molar-refractivity contribution is 6.00. The van der Waals surface area contributed by atoms with Crippen LogP contribution in [0.15, 0.2) is 46.4 Å². The van der Waals surface area contributed by atoms with E-state index in [0.29, 0.717) is 35.0 Å². The first-order chi connectivity index (χ1) is 10.6. The molecule has 114 valence electrons. The Labute approximate surface area is 130 Å². The zero-order valence-electron chi connectivity index (χ0n) is 13.1. The molecular formula is C19H20O3. The van der Waals surface area contributed by atoms with Crippen molar-refractivity contribution >= 4 is 23.3 Å². The molecule has 22 heavy (non-hydrogen) atoms. The van der Waals surface area contributed by atoms with E-state index in [1.54, 1.807) is 12.1 Å². The Morgan fingerprint density at radius 3 is 2.68 bits per heavy atom. The number of allylic oxidation sites excluding steroid dienone is 5. The molecule has 0 atom stereocenters. The van der Waals surface area contributed by atoms with Crippen LogP contribution < -0.4 is 0 Å². The lowest BCUT2D eigenvalue weighted by Crippen LogP contribution is -1.90. The molecule has 0 aliphatic carbocycles. The van der Waals surface area contributed by atoms with Crippen LogP contribution in [0.1, 0.15) is 42.5 Å². The van der Waals surface area contributed by atoms with Gasteiger partial charge in [0, 0.05) is 10.9 Å². The summed E-state index contributed by atoms with van der Waals surface area (Å²) in [6.45, 7) is 5.92. The zero-order chi connectivity index (χ0) is 16.1. The Kier molecular flexibility index (Phi) is 4.99. The lowest BCUT2D eigenvalue weighted by atomic mass is 10.0. The monoisotopic (exact) mass is 296 g/mol. The van der Waals surface area contributed by atoms with Gasteiger partial charge in [-0.1, -0.05) is 29.9 Å². The Morgan fingerprint density at radius 1 is 1.27 bits per heavy atom. The van der Waals surface area contributed by atoms with Crippen LogP contribution in [0.25, 0.3) is 17.0 Å². The van der Waals surface area contributed by atoms with Crippen LogP contribution in [0.5, 0.6) is 5.75 Å². The van der Waals surface area contributed by atoms with Crippen molar-refractivity contribution < 1.29 is 14.3 Å². The van der Waals surface area contributed by atoms with Crippen molar-refractivity contribution in [3.63, 3.8) is 0 Å². The van der Waals surface area contributed by atoms with Gasteiger partial charge in [-0.25, -0.2) is 0 Å². The molecule has 0 unspecified atom stereocenters. The van der Waals surface area contributed by atoms with Gasteiger partial charge in [-0.3, -0.25) is 4.79 Å². The Hall–Kier alpha value is -2.55. The summed E-state index contributed by atoms with van der Waals surface area (Å²) < 4.78 is 5.75. The molecule has 0 aliphatic rings. The van der Waals surface area contributed by atoms with Crippen molar-refractivity contribution in [2.45, 2.75) is 27.2 Å². The molecule has 0 amide bonds. The summed E-state index contributed by atoms with van der Waals surface area (Å²) in [4.78, 5) is 11.4. The summed E-state index contributed by atoms with van der Waals surface area (Å²) in [7, 11) is 0. The van der Waals surface area contributed by atoms with Gasteiger partial charge in [0.2, 0.25) is 0 Å². The van der Waals surface area contributed by atoms with E-state index in [1.165, 1.54) is 0 Å². The molecule has 1 aromatic heterocycles. The molecule has 0 aliphatic heterocycles. The fourth-order valence-electron chi connectivity index (χ4n) is 2.20. The lowest BCUT2D eigenvalue weighted by Gasteiger charge is -2.05. The Balaban J connectivity index is 2.55. The fourth-order valence-corrected chi connectivity index (χ4v) is 2.20. The fraction of sp³-hybridized carbons (Fsp3) is 0.211. The molecule has 2 aromatic rings. The predicted octanol–water partition coefficient (Wildman–Crippen LogP) is 5.05. The van der Waals surface area contributed by atoms with E-state index < -0.39 is 0 Å². The summed E-state index contributed by atoms with van der Waals surface area (Å²) in [5, 5.41) is 10.9. The van der Waals surface area contributed by atoms with Crippen LogP contribution in [0.4, 0.5) is 0 Å². The number of furan rings is 1. The Morgan fingerprint density at radius 2 is 2.05 bits per heavy atom. The van der Waals surface area contributed by atoms with Gasteiger partial charge in [-0.2, -0.15) is 0 Å². The molecule has 0 radical (unpaired) electrons. The molecule has 3 heteroatoms. The number of phenolic OH excluding ortho intramolecular Hbond substituents is 1. The van der Waals surface area contributed by atoms with Gasteiger partial charge in [0.1, 0.15) is 17.1 Å². The minimum absolute atomic E-state index is 0.0322. The van der Waals surface area contributed by atoms with Crippen molar-refractivity contribution in [1.29, 1.82) is 0 Å². The van der Waals surface area contributed by atoms with Crippen LogP contribution in [-0.2, 0) is 6.42 Å². The van der Waals surface area contributed by atoms with E-state index in [9.17, 15) is 9.90 Å². The highest BCUT2D eigenvalue weighted by atomic mass is 16.3. The predicted molar refractivity (Wildman–Crippen MR) is 90.2 cm³/mol. The number of aldehydes is 1. The standard InChI is InChI=1S/C19H20O3/c1-4-5-6-7-15-11-16-17(12-20)19(21)14(9-8-13(2)3)10-18(16)22-15/h4-8,10-12,21H,9H2,1-3H3/b5-4+,7-6+. The molecular weight excluding hydrogens is 276 g/mol. The van der Waals surface area contributed by atoms with E-state index in [2.05, 4.69) is 0 Å². The first kappa shape index (κ1) is 15.8. The smallest absolute Gasteiger partial charge is 0.154 e. The number of rotatable bonds is 5. The van der Waals surface area contributed by atoms with Gasteiger partial charge in [-0.05, 0) is 45.4 Å². The molecule has 0 saturated carbocycles. The van der Waals surface area contributed by atoms with Crippen molar-refractivity contribution in [2.24, 2.45) is 0 Å². The van der Waals surface area contributed by atoms with E-state index in [-0.39, 0.29) is 11.3 Å². The van der Waals surface area contributed by atoms with E-state index in [4.69, 9.17) is 4.42 Å². The van der Waals surface area contributed by atoms with Crippen molar-refractivity contribution in [2.75, 3.05) is 0 Å². The highest BCUT2D eigenvalue weighted by Crippen LogP contribution is 2.33. The molecule has 3 nitrogen and oxygen atoms in total. The SMILES string of the molecule is C/C=C/C=C/c1cc2c(C=O)c(O)c(CC=C(C)C)cc2o1. The number of phenols is 1. The number of hydrogen-bond acceptors (Lipinski definition) is 3. The van der Waals surface area contributed by atoms with Crippen LogP contribution in [0.2, 0.25) is 0 Å². The molecule has 1 aromatic carbocycles. The average molecular weight is 296 g/mol. The number of hydrogen-bond donors (Lipinski definition) is 1. The molecule has 2 rings (SSSR count). The third kappa shape index (κ3) is 3.37. The second-order valence-corrected chi connectivity index (χ2v) is 5.35. The summed E-state index contributed by atoms with van der Waals surface area (Å²) in [5.74, 6) is 0.680. The van der Waals surface area contributed by atoms with Crippen LogP contribution in [0, 0.1) is 0 Å². The first-order valence-electron chi connectivity index (χ1n) is 7.23. The number of carbonyl (C=O) groups excluding carboxylic acids is 1. The van der Waals surface area contributed by atoms with Crippen LogP contribution in [0.3, 0.4) is 0 Å². The van der Waals surface area contributed by atoms with Crippen LogP contribution in [-0.4, -0.2) is 11.4 Å². The van der Waals surface area contributed by atoms with Crippen LogP contribution >= 0.6 is 0 Å². The summed E-state index contributed by atoms with van der Waals surface area (Å²) >= 11 is 0. The number of fused-ring (bicyclic) bond motifs is 1. The third-order valence-corrected chi connectivity index (χ3v) is 3.35. The van der Waals surface area contributed by atoms with Gasteiger partial charge < -0.3 is 9.52 Å². The lowest BCUT2D eigenvalue weighted by molar-refractivity contribution is 0.112. The van der Waals surface area contributed by atoms with Crippen molar-refractivity contribution in [1.82, 2.24) is 0 Å². The van der Waals surface area contributed by atoms with Gasteiger partial charge in [0.25, 0.3) is 0 Å². The molecule has 1 N–H and O–H groups in total. The minimum atomic E-state index is 0.0322. The van der Waals surface area contributed by atoms with Crippen molar-refractivity contribution in [3.8, 4) is 5.75 Å². The Bertz CT molecular complexity index is 770. The average Bonchev–Trinajstić information content (AvgIpc) is 2.87. The highest BCUT2D eigenvalue weighted by Gasteiger charge is 2.15.